The van der Waals surface area contributed by atoms with Crippen molar-refractivity contribution in [3.05, 3.63) is 24.2 Å². The third kappa shape index (κ3) is 3.52. The molecule has 0 amide bonds. The highest BCUT2D eigenvalue weighted by atomic mass is 16.3. The zero-order valence-corrected chi connectivity index (χ0v) is 9.23. The predicted molar refractivity (Wildman–Crippen MR) is 57.9 cm³/mol. The Kier molecular flexibility index (Phi) is 4.17. The number of nitrogens with two attached hydrogens (primary N) is 1. The second kappa shape index (κ2) is 5.17. The second-order valence-corrected chi connectivity index (χ2v) is 4.16. The van der Waals surface area contributed by atoms with Gasteiger partial charge in [0.1, 0.15) is 0 Å². The van der Waals surface area contributed by atoms with E-state index in [0.29, 0.717) is 5.92 Å². The average Bonchev–Trinajstić information content (AvgIpc) is 2.56. The van der Waals surface area contributed by atoms with Crippen LogP contribution in [0.25, 0.3) is 0 Å². The molecule has 2 N–H and O–H groups in total. The van der Waals surface area contributed by atoms with Crippen LogP contribution in [0, 0.1) is 5.92 Å². The highest BCUT2D eigenvalue weighted by molar-refractivity contribution is 5.04. The Morgan fingerprint density at radius 1 is 1.50 bits per heavy atom. The first kappa shape index (κ1) is 11.3. The number of hydrogen-bond donors (Lipinski definition) is 1. The van der Waals surface area contributed by atoms with Crippen molar-refractivity contribution in [2.45, 2.75) is 26.4 Å². The molecular weight excluding hydrogens is 176 g/mol. The van der Waals surface area contributed by atoms with Crippen molar-refractivity contribution >= 4 is 0 Å². The van der Waals surface area contributed by atoms with Gasteiger partial charge in [0.15, 0.2) is 0 Å². The summed E-state index contributed by atoms with van der Waals surface area (Å²) in [6.45, 7) is 6.17. The summed E-state index contributed by atoms with van der Waals surface area (Å²) in [7, 11) is 2.10. The van der Waals surface area contributed by atoms with Gasteiger partial charge in [-0.05, 0) is 26.0 Å². The van der Waals surface area contributed by atoms with Crippen LogP contribution in [0.2, 0.25) is 0 Å². The monoisotopic (exact) mass is 196 g/mol. The molecule has 14 heavy (non-hydrogen) atoms. The molecule has 3 heteroatoms. The van der Waals surface area contributed by atoms with Crippen LogP contribution in [0.1, 0.15) is 19.4 Å². The topological polar surface area (TPSA) is 42.4 Å². The van der Waals surface area contributed by atoms with E-state index in [4.69, 9.17) is 10.2 Å². The summed E-state index contributed by atoms with van der Waals surface area (Å²) < 4.78 is 5.02. The maximum atomic E-state index is 5.81. The van der Waals surface area contributed by atoms with E-state index in [0.717, 1.165) is 13.1 Å². The molecule has 0 bridgehead atoms. The van der Waals surface area contributed by atoms with Crippen molar-refractivity contribution in [2.75, 3.05) is 13.6 Å². The van der Waals surface area contributed by atoms with Gasteiger partial charge in [-0.15, -0.1) is 0 Å². The van der Waals surface area contributed by atoms with Crippen molar-refractivity contribution in [1.82, 2.24) is 4.90 Å². The van der Waals surface area contributed by atoms with Gasteiger partial charge in [0.25, 0.3) is 0 Å². The molecule has 1 aromatic rings. The molecule has 3 nitrogen and oxygen atoms in total. The molecular formula is C11H20N2O. The maximum Gasteiger partial charge on any atom is 0.0947 e. The quantitative estimate of drug-likeness (QED) is 0.779. The number of rotatable bonds is 5. The van der Waals surface area contributed by atoms with Gasteiger partial charge in [-0.2, -0.15) is 0 Å². The highest BCUT2D eigenvalue weighted by Gasteiger charge is 2.10. The van der Waals surface area contributed by atoms with Crippen molar-refractivity contribution in [2.24, 2.45) is 11.7 Å². The highest BCUT2D eigenvalue weighted by Crippen LogP contribution is 2.07. The fourth-order valence-corrected chi connectivity index (χ4v) is 1.42. The molecule has 1 aromatic heterocycles. The molecule has 0 radical (unpaired) electrons. The molecule has 0 aliphatic carbocycles. The van der Waals surface area contributed by atoms with Crippen LogP contribution in [-0.4, -0.2) is 24.5 Å². The fraction of sp³-hybridized carbons (Fsp3) is 0.636. The lowest BCUT2D eigenvalue weighted by molar-refractivity contribution is 0.261. The number of hydrogen-bond acceptors (Lipinski definition) is 3. The number of furan rings is 1. The minimum absolute atomic E-state index is 0.252. The smallest absolute Gasteiger partial charge is 0.0947 e. The summed E-state index contributed by atoms with van der Waals surface area (Å²) in [5.74, 6) is 0.520. The molecule has 2 atom stereocenters. The van der Waals surface area contributed by atoms with Crippen molar-refractivity contribution in [1.29, 1.82) is 0 Å². The third-order valence-corrected chi connectivity index (χ3v) is 2.53. The van der Waals surface area contributed by atoms with Crippen LogP contribution >= 0.6 is 0 Å². The number of nitrogens with zero attached hydrogens (tertiary/aromatic N) is 1. The normalized spacial score (nSPS) is 15.8. The lowest BCUT2D eigenvalue weighted by atomic mass is 10.0. The summed E-state index contributed by atoms with van der Waals surface area (Å²) in [5, 5.41) is 0. The molecule has 0 aromatic carbocycles. The van der Waals surface area contributed by atoms with Gasteiger partial charge in [-0.1, -0.05) is 6.92 Å². The van der Waals surface area contributed by atoms with Crippen LogP contribution < -0.4 is 5.73 Å². The lowest BCUT2D eigenvalue weighted by Crippen LogP contribution is -2.33. The van der Waals surface area contributed by atoms with E-state index in [1.807, 2.05) is 6.07 Å². The van der Waals surface area contributed by atoms with Gasteiger partial charge >= 0.3 is 0 Å². The summed E-state index contributed by atoms with van der Waals surface area (Å²) in [6.07, 6.45) is 3.49. The van der Waals surface area contributed by atoms with E-state index in [-0.39, 0.29) is 6.04 Å². The Morgan fingerprint density at radius 3 is 2.71 bits per heavy atom. The minimum Gasteiger partial charge on any atom is -0.472 e. The lowest BCUT2D eigenvalue weighted by Gasteiger charge is -2.23. The molecule has 0 aliphatic heterocycles. The van der Waals surface area contributed by atoms with Crippen LogP contribution in [0.5, 0.6) is 0 Å². The largest absolute Gasteiger partial charge is 0.472 e. The molecule has 1 heterocycles. The van der Waals surface area contributed by atoms with E-state index in [2.05, 4.69) is 25.8 Å². The first-order valence-electron chi connectivity index (χ1n) is 5.04. The first-order valence-corrected chi connectivity index (χ1v) is 5.04. The Hall–Kier alpha value is -0.800. The zero-order valence-electron chi connectivity index (χ0n) is 9.23. The summed E-state index contributed by atoms with van der Waals surface area (Å²) in [5.41, 5.74) is 7.02. The predicted octanol–water partition coefficient (Wildman–Crippen LogP) is 1.69. The van der Waals surface area contributed by atoms with Gasteiger partial charge in [-0.3, -0.25) is 0 Å². The van der Waals surface area contributed by atoms with E-state index in [1.54, 1.807) is 12.5 Å². The van der Waals surface area contributed by atoms with Gasteiger partial charge in [0.05, 0.1) is 12.5 Å². The fourth-order valence-electron chi connectivity index (χ4n) is 1.42. The van der Waals surface area contributed by atoms with Gasteiger partial charge in [-0.25, -0.2) is 0 Å². The summed E-state index contributed by atoms with van der Waals surface area (Å²) in [4.78, 5) is 2.26. The van der Waals surface area contributed by atoms with Crippen LogP contribution in [0.3, 0.4) is 0 Å². The first-order chi connectivity index (χ1) is 6.59. The van der Waals surface area contributed by atoms with E-state index >= 15 is 0 Å². The molecule has 1 rings (SSSR count). The van der Waals surface area contributed by atoms with Gasteiger partial charge < -0.3 is 15.1 Å². The third-order valence-electron chi connectivity index (χ3n) is 2.53. The zero-order chi connectivity index (χ0) is 10.6. The van der Waals surface area contributed by atoms with Crippen LogP contribution in [0.15, 0.2) is 23.0 Å². The SMILES string of the molecule is CC(N)C(C)CN(C)Cc1ccoc1. The molecule has 0 aliphatic rings. The molecule has 0 spiro atoms. The van der Waals surface area contributed by atoms with Crippen molar-refractivity contribution in [3.8, 4) is 0 Å². The van der Waals surface area contributed by atoms with Crippen LogP contribution in [0.4, 0.5) is 0 Å². The van der Waals surface area contributed by atoms with Crippen molar-refractivity contribution < 1.29 is 4.42 Å². The Morgan fingerprint density at radius 2 is 2.21 bits per heavy atom. The van der Waals surface area contributed by atoms with E-state index < -0.39 is 0 Å². The molecule has 0 saturated carbocycles. The molecule has 2 unspecified atom stereocenters. The summed E-state index contributed by atoms with van der Waals surface area (Å²) in [6, 6.07) is 2.24. The Bertz CT molecular complexity index is 244. The standard InChI is InChI=1S/C11H20N2O/c1-9(10(2)12)6-13(3)7-11-4-5-14-8-11/h4-5,8-10H,6-7,12H2,1-3H3. The second-order valence-electron chi connectivity index (χ2n) is 4.16. The van der Waals surface area contributed by atoms with Gasteiger partial charge in [0.2, 0.25) is 0 Å². The Labute approximate surface area is 85.9 Å². The molecule has 0 fully saturated rings. The van der Waals surface area contributed by atoms with E-state index in [1.165, 1.54) is 5.56 Å². The van der Waals surface area contributed by atoms with Crippen LogP contribution in [-0.2, 0) is 6.54 Å². The molecule has 0 saturated heterocycles. The summed E-state index contributed by atoms with van der Waals surface area (Å²) >= 11 is 0. The minimum atomic E-state index is 0.252. The van der Waals surface area contributed by atoms with E-state index in [9.17, 15) is 0 Å². The average molecular weight is 196 g/mol. The van der Waals surface area contributed by atoms with Crippen molar-refractivity contribution in [3.63, 3.8) is 0 Å². The molecule has 80 valence electrons. The Balaban J connectivity index is 2.32. The maximum absolute atomic E-state index is 5.81. The van der Waals surface area contributed by atoms with Gasteiger partial charge in [0, 0.05) is 24.7 Å².